The van der Waals surface area contributed by atoms with Crippen LogP contribution in [0.15, 0.2) is 0 Å². The SMILES string of the molecule is CCCCCCCCCCCCCC(=O)OC[C@H](COC(=O)CCCCCCCCCCCCC(C)C)OC(=O)CCCCCCCCCCC(C)CC. The molecule has 320 valence electrons. The summed E-state index contributed by atoms with van der Waals surface area (Å²) in [5.74, 6) is 0.807. The summed E-state index contributed by atoms with van der Waals surface area (Å²) in [4.78, 5) is 37.8. The van der Waals surface area contributed by atoms with Crippen LogP contribution in [-0.4, -0.2) is 37.2 Å². The van der Waals surface area contributed by atoms with E-state index in [0.29, 0.717) is 19.3 Å². The summed E-state index contributed by atoms with van der Waals surface area (Å²) in [5.41, 5.74) is 0. The molecule has 0 spiro atoms. The Morgan fingerprint density at radius 2 is 0.704 bits per heavy atom. The van der Waals surface area contributed by atoms with E-state index in [1.165, 1.54) is 148 Å². The lowest BCUT2D eigenvalue weighted by Gasteiger charge is -2.18. The number of unbranched alkanes of at least 4 members (excludes halogenated alkanes) is 26. The highest BCUT2D eigenvalue weighted by Gasteiger charge is 2.19. The lowest BCUT2D eigenvalue weighted by molar-refractivity contribution is -0.167. The molecule has 1 unspecified atom stereocenters. The molecule has 0 saturated carbocycles. The number of carbonyl (C=O) groups excluding carboxylic acids is 3. The molecule has 0 bridgehead atoms. The first kappa shape index (κ1) is 52.4. The maximum atomic E-state index is 12.7. The van der Waals surface area contributed by atoms with Crippen LogP contribution in [0.25, 0.3) is 0 Å². The van der Waals surface area contributed by atoms with Crippen LogP contribution in [-0.2, 0) is 28.6 Å². The van der Waals surface area contributed by atoms with E-state index < -0.39 is 6.10 Å². The Kier molecular flexibility index (Phi) is 39.8. The van der Waals surface area contributed by atoms with Crippen molar-refractivity contribution in [2.75, 3.05) is 13.2 Å². The van der Waals surface area contributed by atoms with Gasteiger partial charge in [0.25, 0.3) is 0 Å². The Bertz CT molecular complexity index is 826. The van der Waals surface area contributed by atoms with Gasteiger partial charge in [-0.2, -0.15) is 0 Å². The van der Waals surface area contributed by atoms with E-state index in [-0.39, 0.29) is 31.1 Å². The zero-order valence-corrected chi connectivity index (χ0v) is 36.8. The predicted octanol–water partition coefficient (Wildman–Crippen LogP) is 15.0. The Morgan fingerprint density at radius 1 is 0.389 bits per heavy atom. The first-order chi connectivity index (χ1) is 26.3. The Labute approximate surface area is 336 Å². The van der Waals surface area contributed by atoms with Gasteiger partial charge in [-0.15, -0.1) is 0 Å². The van der Waals surface area contributed by atoms with Gasteiger partial charge in [0, 0.05) is 19.3 Å². The largest absolute Gasteiger partial charge is 0.462 e. The fraction of sp³-hybridized carbons (Fsp3) is 0.938. The second kappa shape index (κ2) is 41.1. The molecule has 0 aromatic carbocycles. The van der Waals surface area contributed by atoms with Crippen LogP contribution in [0.5, 0.6) is 0 Å². The molecule has 0 aliphatic carbocycles. The second-order valence-electron chi connectivity index (χ2n) is 17.1. The topological polar surface area (TPSA) is 78.9 Å². The summed E-state index contributed by atoms with van der Waals surface area (Å²) in [6.45, 7) is 11.3. The third-order valence-corrected chi connectivity index (χ3v) is 11.1. The van der Waals surface area contributed by atoms with Crippen molar-refractivity contribution < 1.29 is 28.6 Å². The predicted molar refractivity (Wildman–Crippen MR) is 229 cm³/mol. The normalized spacial score (nSPS) is 12.6. The summed E-state index contributed by atoms with van der Waals surface area (Å²) in [6, 6.07) is 0. The van der Waals surface area contributed by atoms with Crippen LogP contribution in [0.2, 0.25) is 0 Å². The van der Waals surface area contributed by atoms with Crippen LogP contribution < -0.4 is 0 Å². The second-order valence-corrected chi connectivity index (χ2v) is 17.1. The molecule has 0 aromatic rings. The molecule has 0 aromatic heterocycles. The highest BCUT2D eigenvalue weighted by atomic mass is 16.6. The van der Waals surface area contributed by atoms with Crippen molar-refractivity contribution in [3.8, 4) is 0 Å². The van der Waals surface area contributed by atoms with Gasteiger partial charge < -0.3 is 14.2 Å². The molecule has 2 atom stereocenters. The van der Waals surface area contributed by atoms with Gasteiger partial charge >= 0.3 is 17.9 Å². The van der Waals surface area contributed by atoms with Crippen molar-refractivity contribution in [1.29, 1.82) is 0 Å². The molecule has 0 saturated heterocycles. The first-order valence-corrected chi connectivity index (χ1v) is 23.8. The van der Waals surface area contributed by atoms with Crippen molar-refractivity contribution in [2.24, 2.45) is 11.8 Å². The summed E-state index contributed by atoms with van der Waals surface area (Å²) in [5, 5.41) is 0. The molecule has 0 fully saturated rings. The summed E-state index contributed by atoms with van der Waals surface area (Å²) < 4.78 is 16.7. The number of rotatable bonds is 42. The van der Waals surface area contributed by atoms with Gasteiger partial charge in [0.15, 0.2) is 6.10 Å². The Morgan fingerprint density at radius 3 is 1.06 bits per heavy atom. The summed E-state index contributed by atoms with van der Waals surface area (Å²) >= 11 is 0. The van der Waals surface area contributed by atoms with Gasteiger partial charge in [0.1, 0.15) is 13.2 Å². The van der Waals surface area contributed by atoms with Gasteiger partial charge in [-0.05, 0) is 31.1 Å². The van der Waals surface area contributed by atoms with Crippen molar-refractivity contribution >= 4 is 17.9 Å². The van der Waals surface area contributed by atoms with Crippen LogP contribution >= 0.6 is 0 Å². The fourth-order valence-electron chi connectivity index (χ4n) is 7.07. The van der Waals surface area contributed by atoms with E-state index in [1.807, 2.05) is 0 Å². The van der Waals surface area contributed by atoms with Crippen LogP contribution in [0.1, 0.15) is 259 Å². The number of esters is 3. The van der Waals surface area contributed by atoms with E-state index in [2.05, 4.69) is 34.6 Å². The molecule has 0 rings (SSSR count). The molecule has 0 radical (unpaired) electrons. The van der Waals surface area contributed by atoms with E-state index in [1.54, 1.807) is 0 Å². The molecule has 0 N–H and O–H groups in total. The number of hydrogen-bond acceptors (Lipinski definition) is 6. The minimum absolute atomic E-state index is 0.0648. The Balaban J connectivity index is 4.34. The summed E-state index contributed by atoms with van der Waals surface area (Å²) in [7, 11) is 0. The third kappa shape index (κ3) is 40.1. The van der Waals surface area contributed by atoms with E-state index in [4.69, 9.17) is 14.2 Å². The minimum atomic E-state index is -0.761. The fourth-order valence-corrected chi connectivity index (χ4v) is 7.07. The minimum Gasteiger partial charge on any atom is -0.462 e. The van der Waals surface area contributed by atoms with Crippen LogP contribution in [0.3, 0.4) is 0 Å². The molecule has 0 aliphatic rings. The average Bonchev–Trinajstić information content (AvgIpc) is 3.15. The van der Waals surface area contributed by atoms with Crippen molar-refractivity contribution in [2.45, 2.75) is 265 Å². The van der Waals surface area contributed by atoms with Gasteiger partial charge in [0.05, 0.1) is 0 Å². The number of ether oxygens (including phenoxy) is 3. The average molecular weight is 765 g/mol. The highest BCUT2D eigenvalue weighted by Crippen LogP contribution is 2.17. The standard InChI is InChI=1S/C48H92O6/c1-6-8-9-10-11-12-13-17-23-28-33-38-46(49)52-41-45(54-48(51)40-35-30-25-20-19-22-27-32-37-44(5)7-2)42-53-47(50)39-34-29-24-18-15-14-16-21-26-31-36-43(3)4/h43-45H,6-42H2,1-5H3/t44?,45-/m1/s1. The van der Waals surface area contributed by atoms with E-state index >= 15 is 0 Å². The zero-order chi connectivity index (χ0) is 39.7. The molecule has 54 heavy (non-hydrogen) atoms. The van der Waals surface area contributed by atoms with Crippen molar-refractivity contribution in [3.05, 3.63) is 0 Å². The van der Waals surface area contributed by atoms with Gasteiger partial charge in [-0.1, -0.05) is 221 Å². The van der Waals surface area contributed by atoms with Crippen molar-refractivity contribution in [1.82, 2.24) is 0 Å². The Hall–Kier alpha value is -1.59. The zero-order valence-electron chi connectivity index (χ0n) is 36.8. The quantitative estimate of drug-likeness (QED) is 0.0350. The molecule has 0 aliphatic heterocycles. The lowest BCUT2D eigenvalue weighted by Crippen LogP contribution is -2.30. The van der Waals surface area contributed by atoms with E-state index in [9.17, 15) is 14.4 Å². The molecular formula is C48H92O6. The first-order valence-electron chi connectivity index (χ1n) is 23.8. The third-order valence-electron chi connectivity index (χ3n) is 11.1. The molecule has 6 heteroatoms. The monoisotopic (exact) mass is 765 g/mol. The number of hydrogen-bond donors (Lipinski definition) is 0. The van der Waals surface area contributed by atoms with Crippen LogP contribution in [0, 0.1) is 11.8 Å². The highest BCUT2D eigenvalue weighted by molar-refractivity contribution is 5.71. The maximum Gasteiger partial charge on any atom is 0.306 e. The van der Waals surface area contributed by atoms with Gasteiger partial charge in [-0.3, -0.25) is 14.4 Å². The smallest absolute Gasteiger partial charge is 0.306 e. The van der Waals surface area contributed by atoms with Gasteiger partial charge in [-0.25, -0.2) is 0 Å². The summed E-state index contributed by atoms with van der Waals surface area (Å²) in [6.07, 6.45) is 39.4. The lowest BCUT2D eigenvalue weighted by atomic mass is 9.99. The molecule has 0 heterocycles. The van der Waals surface area contributed by atoms with Crippen LogP contribution in [0.4, 0.5) is 0 Å². The van der Waals surface area contributed by atoms with Gasteiger partial charge in [0.2, 0.25) is 0 Å². The molecule has 6 nitrogen and oxygen atoms in total. The van der Waals surface area contributed by atoms with E-state index in [0.717, 1.165) is 69.6 Å². The molecule has 0 amide bonds. The van der Waals surface area contributed by atoms with Crippen molar-refractivity contribution in [3.63, 3.8) is 0 Å². The molecular weight excluding hydrogens is 673 g/mol. The number of carbonyl (C=O) groups is 3. The maximum absolute atomic E-state index is 12.7.